The summed E-state index contributed by atoms with van der Waals surface area (Å²) in [6.07, 6.45) is 0.182. The van der Waals surface area contributed by atoms with Crippen LogP contribution in [0.4, 0.5) is 10.6 Å². The van der Waals surface area contributed by atoms with E-state index in [9.17, 15) is 19.8 Å². The number of piperidine rings is 1. The number of methoxy groups -OCH3 is 1. The second-order valence-corrected chi connectivity index (χ2v) is 10.2. The molecular formula is C26H36N8O6. The molecule has 0 aromatic carbocycles. The molecule has 2 amide bonds. The van der Waals surface area contributed by atoms with Crippen molar-refractivity contribution >= 4 is 29.0 Å². The van der Waals surface area contributed by atoms with Crippen molar-refractivity contribution in [1.29, 1.82) is 0 Å². The summed E-state index contributed by atoms with van der Waals surface area (Å²) in [5, 5.41) is 27.4. The maximum atomic E-state index is 12.4. The number of ether oxygens (including phenoxy) is 2. The van der Waals surface area contributed by atoms with Crippen LogP contribution in [0.25, 0.3) is 11.2 Å². The van der Waals surface area contributed by atoms with Crippen molar-refractivity contribution in [2.75, 3.05) is 32.1 Å². The number of rotatable bonds is 8. The van der Waals surface area contributed by atoms with Gasteiger partial charge < -0.3 is 39.8 Å². The van der Waals surface area contributed by atoms with Crippen molar-refractivity contribution in [2.45, 2.75) is 57.3 Å². The van der Waals surface area contributed by atoms with Crippen LogP contribution in [0.5, 0.6) is 0 Å². The lowest BCUT2D eigenvalue weighted by atomic mass is 9.93. The summed E-state index contributed by atoms with van der Waals surface area (Å²) in [7, 11) is 3.34. The van der Waals surface area contributed by atoms with Crippen molar-refractivity contribution < 1.29 is 29.3 Å². The lowest BCUT2D eigenvalue weighted by Gasteiger charge is -2.30. The summed E-state index contributed by atoms with van der Waals surface area (Å²) >= 11 is 0. The SMILES string of the molecule is CCNC(=O)[C@H]1O[C@@H](n2cnc3c(NCc4cccn4C)nc(CC4CCN(C(=O)OC)CC4)nc32)C(O)C1O. The van der Waals surface area contributed by atoms with Gasteiger partial charge in [0.25, 0.3) is 5.91 Å². The molecule has 2 fully saturated rings. The Bertz CT molecular complexity index is 1350. The zero-order chi connectivity index (χ0) is 28.4. The number of fused-ring (bicyclic) bond motifs is 1. The van der Waals surface area contributed by atoms with Crippen LogP contribution in [0, 0.1) is 5.92 Å². The predicted octanol–water partition coefficient (Wildman–Crippen LogP) is 0.553. The number of hydrogen-bond acceptors (Lipinski definition) is 10. The lowest BCUT2D eigenvalue weighted by molar-refractivity contribution is -0.137. The summed E-state index contributed by atoms with van der Waals surface area (Å²) in [5.41, 5.74) is 1.94. The number of imidazole rings is 1. The zero-order valence-corrected chi connectivity index (χ0v) is 22.9. The molecule has 40 heavy (non-hydrogen) atoms. The Kier molecular flexibility index (Phi) is 8.19. The molecule has 4 atom stereocenters. The maximum Gasteiger partial charge on any atom is 0.409 e. The van der Waals surface area contributed by atoms with Crippen LogP contribution >= 0.6 is 0 Å². The van der Waals surface area contributed by atoms with E-state index in [0.29, 0.717) is 55.4 Å². The van der Waals surface area contributed by atoms with Gasteiger partial charge in [0.1, 0.15) is 18.0 Å². The first kappa shape index (κ1) is 27.8. The van der Waals surface area contributed by atoms with E-state index in [4.69, 9.17) is 19.4 Å². The number of aliphatic hydroxyl groups excluding tert-OH is 2. The van der Waals surface area contributed by atoms with Crippen LogP contribution in [0.3, 0.4) is 0 Å². The minimum Gasteiger partial charge on any atom is -0.453 e. The third-order valence-corrected chi connectivity index (χ3v) is 7.60. The topological polar surface area (TPSA) is 169 Å². The highest BCUT2D eigenvalue weighted by Gasteiger charge is 2.47. The second-order valence-electron chi connectivity index (χ2n) is 10.2. The van der Waals surface area contributed by atoms with Gasteiger partial charge in [-0.2, -0.15) is 0 Å². The summed E-state index contributed by atoms with van der Waals surface area (Å²) in [5.74, 6) is 0.862. The van der Waals surface area contributed by atoms with Gasteiger partial charge in [0.05, 0.1) is 20.0 Å². The first-order valence-corrected chi connectivity index (χ1v) is 13.5. The molecule has 0 saturated carbocycles. The molecule has 2 saturated heterocycles. The van der Waals surface area contributed by atoms with E-state index < -0.39 is 30.4 Å². The molecule has 14 heteroatoms. The number of likely N-dealkylation sites (tertiary alicyclic amines) is 1. The van der Waals surface area contributed by atoms with Crippen LogP contribution in [-0.4, -0.2) is 96.3 Å². The first-order valence-electron chi connectivity index (χ1n) is 13.5. The molecule has 0 bridgehead atoms. The molecule has 14 nitrogen and oxygen atoms in total. The monoisotopic (exact) mass is 556 g/mol. The number of carbonyl (C=O) groups is 2. The molecule has 2 aliphatic heterocycles. The average molecular weight is 557 g/mol. The molecule has 0 aliphatic carbocycles. The van der Waals surface area contributed by atoms with Crippen LogP contribution in [0.15, 0.2) is 24.7 Å². The van der Waals surface area contributed by atoms with Gasteiger partial charge in [0.15, 0.2) is 29.3 Å². The fraction of sp³-hybridized carbons (Fsp3) is 0.577. The molecule has 5 rings (SSSR count). The highest BCUT2D eigenvalue weighted by atomic mass is 16.6. The number of nitrogens with zero attached hydrogens (tertiary/aromatic N) is 6. The Balaban J connectivity index is 1.44. The number of nitrogens with one attached hydrogen (secondary N) is 2. The number of anilines is 1. The van der Waals surface area contributed by atoms with E-state index in [0.717, 1.165) is 18.5 Å². The third kappa shape index (κ3) is 5.46. The van der Waals surface area contributed by atoms with Crippen LogP contribution in [-0.2, 0) is 34.3 Å². The van der Waals surface area contributed by atoms with Gasteiger partial charge >= 0.3 is 6.09 Å². The fourth-order valence-corrected chi connectivity index (χ4v) is 5.30. The molecule has 0 spiro atoms. The lowest BCUT2D eigenvalue weighted by Crippen LogP contribution is -2.42. The van der Waals surface area contributed by atoms with Gasteiger partial charge in [0, 0.05) is 45.0 Å². The van der Waals surface area contributed by atoms with Gasteiger partial charge in [0.2, 0.25) is 0 Å². The van der Waals surface area contributed by atoms with E-state index in [1.54, 1.807) is 16.4 Å². The summed E-state index contributed by atoms with van der Waals surface area (Å²) < 4.78 is 14.2. The Morgan fingerprint density at radius 2 is 1.98 bits per heavy atom. The first-order chi connectivity index (χ1) is 19.3. The van der Waals surface area contributed by atoms with E-state index in [1.807, 2.05) is 29.9 Å². The molecule has 2 unspecified atom stereocenters. The Morgan fingerprint density at radius 3 is 2.65 bits per heavy atom. The molecular weight excluding hydrogens is 520 g/mol. The van der Waals surface area contributed by atoms with Gasteiger partial charge in [-0.3, -0.25) is 9.36 Å². The van der Waals surface area contributed by atoms with Crippen LogP contribution in [0.1, 0.15) is 37.5 Å². The van der Waals surface area contributed by atoms with Crippen LogP contribution in [0.2, 0.25) is 0 Å². The van der Waals surface area contributed by atoms with Crippen molar-refractivity contribution in [2.24, 2.45) is 13.0 Å². The second kappa shape index (κ2) is 11.8. The quantitative estimate of drug-likeness (QED) is 0.307. The van der Waals surface area contributed by atoms with Crippen LogP contribution < -0.4 is 10.6 Å². The largest absolute Gasteiger partial charge is 0.453 e. The number of likely N-dealkylation sites (N-methyl/N-ethyl adjacent to an activating group) is 1. The number of aryl methyl sites for hydroxylation is 1. The molecule has 3 aromatic heterocycles. The van der Waals surface area contributed by atoms with Gasteiger partial charge in [-0.05, 0) is 37.8 Å². The van der Waals surface area contributed by atoms with E-state index in [-0.39, 0.29) is 12.0 Å². The number of aromatic nitrogens is 5. The molecule has 216 valence electrons. The van der Waals surface area contributed by atoms with E-state index in [2.05, 4.69) is 15.6 Å². The number of aliphatic hydroxyl groups is 2. The predicted molar refractivity (Wildman–Crippen MR) is 143 cm³/mol. The Morgan fingerprint density at radius 1 is 1.20 bits per heavy atom. The molecule has 2 aliphatic rings. The minimum absolute atomic E-state index is 0.257. The molecule has 5 heterocycles. The van der Waals surface area contributed by atoms with E-state index in [1.165, 1.54) is 13.4 Å². The Hall–Kier alpha value is -3.75. The highest BCUT2D eigenvalue weighted by molar-refractivity contribution is 5.84. The highest BCUT2D eigenvalue weighted by Crippen LogP contribution is 2.33. The maximum absolute atomic E-state index is 12.4. The number of hydrogen-bond donors (Lipinski definition) is 4. The standard InChI is InChI=1S/C26H36N8O6/c1-4-27-24(37)21-19(35)20(36)25(40-21)34-14-29-18-22(28-13-16-6-5-9-32(16)2)30-17(31-23(18)34)12-15-7-10-33(11-8-15)26(38)39-3/h5-6,9,14-15,19-21,25,35-36H,4,7-8,10-13H2,1-3H3,(H,27,37)(H,28,30,31)/t19?,20?,21-,25+/m0/s1. The number of carbonyl (C=O) groups excluding carboxylic acids is 2. The van der Waals surface area contributed by atoms with E-state index >= 15 is 0 Å². The Labute approximate surface area is 231 Å². The summed E-state index contributed by atoms with van der Waals surface area (Å²) in [6, 6.07) is 3.97. The zero-order valence-electron chi connectivity index (χ0n) is 22.9. The molecule has 3 aromatic rings. The van der Waals surface area contributed by atoms with Crippen molar-refractivity contribution in [3.05, 3.63) is 36.2 Å². The van der Waals surface area contributed by atoms with Crippen molar-refractivity contribution in [3.8, 4) is 0 Å². The van der Waals surface area contributed by atoms with Crippen molar-refractivity contribution in [3.63, 3.8) is 0 Å². The molecule has 4 N–H and O–H groups in total. The van der Waals surface area contributed by atoms with Gasteiger partial charge in [-0.25, -0.2) is 19.7 Å². The van der Waals surface area contributed by atoms with Gasteiger partial charge in [-0.15, -0.1) is 0 Å². The molecule has 0 radical (unpaired) electrons. The number of amides is 2. The smallest absolute Gasteiger partial charge is 0.409 e. The van der Waals surface area contributed by atoms with Gasteiger partial charge in [-0.1, -0.05) is 0 Å². The fourth-order valence-electron chi connectivity index (χ4n) is 5.30. The summed E-state index contributed by atoms with van der Waals surface area (Å²) in [6.45, 7) is 3.82. The summed E-state index contributed by atoms with van der Waals surface area (Å²) in [4.78, 5) is 40.1. The normalized spacial score (nSPS) is 23.5. The minimum atomic E-state index is -1.41. The third-order valence-electron chi connectivity index (χ3n) is 7.60. The average Bonchev–Trinajstić information content (AvgIpc) is 3.64. The van der Waals surface area contributed by atoms with Crippen molar-refractivity contribution in [1.82, 2.24) is 34.3 Å².